The Hall–Kier alpha value is -0.690. The first-order valence-corrected chi connectivity index (χ1v) is 8.22. The lowest BCUT2D eigenvalue weighted by molar-refractivity contribution is -0.0640. The number of benzene rings is 1. The molecule has 0 saturated carbocycles. The lowest BCUT2D eigenvalue weighted by Gasteiger charge is -2.37. The summed E-state index contributed by atoms with van der Waals surface area (Å²) in [6.45, 7) is 4.32. The molecule has 7 heteroatoms. The minimum absolute atomic E-state index is 0.136. The fraction of sp³-hybridized carbons (Fsp3) is 0.538. The van der Waals surface area contributed by atoms with E-state index in [-0.39, 0.29) is 23.9 Å². The SMILES string of the molecule is CC1(C)CN(S(=O)(=O)c2cc(CCl)ccc2F)CCO1. The Bertz CT molecular complexity index is 604. The number of halogens is 2. The van der Waals surface area contributed by atoms with Gasteiger partial charge in [0.25, 0.3) is 0 Å². The molecular formula is C13H17ClFNO3S. The van der Waals surface area contributed by atoms with Crippen molar-refractivity contribution in [1.29, 1.82) is 0 Å². The molecule has 20 heavy (non-hydrogen) atoms. The lowest BCUT2D eigenvalue weighted by Crippen LogP contribution is -2.50. The van der Waals surface area contributed by atoms with Gasteiger partial charge in [-0.1, -0.05) is 6.07 Å². The highest BCUT2D eigenvalue weighted by Gasteiger charge is 2.36. The Morgan fingerprint density at radius 2 is 2.15 bits per heavy atom. The first kappa shape index (κ1) is 15.7. The van der Waals surface area contributed by atoms with Crippen molar-refractivity contribution in [3.8, 4) is 0 Å². The summed E-state index contributed by atoms with van der Waals surface area (Å²) in [6, 6.07) is 3.90. The van der Waals surface area contributed by atoms with Crippen molar-refractivity contribution in [1.82, 2.24) is 4.31 Å². The van der Waals surface area contributed by atoms with Crippen LogP contribution in [0.1, 0.15) is 19.4 Å². The van der Waals surface area contributed by atoms with Gasteiger partial charge in [-0.25, -0.2) is 12.8 Å². The molecule has 112 valence electrons. The van der Waals surface area contributed by atoms with Gasteiger partial charge in [-0.2, -0.15) is 4.31 Å². The largest absolute Gasteiger partial charge is 0.373 e. The highest BCUT2D eigenvalue weighted by atomic mass is 35.5. The zero-order valence-electron chi connectivity index (χ0n) is 11.4. The van der Waals surface area contributed by atoms with Crippen molar-refractivity contribution in [3.05, 3.63) is 29.6 Å². The van der Waals surface area contributed by atoms with E-state index in [9.17, 15) is 12.8 Å². The van der Waals surface area contributed by atoms with Crippen LogP contribution in [0.4, 0.5) is 4.39 Å². The Balaban J connectivity index is 2.40. The smallest absolute Gasteiger partial charge is 0.246 e. The Morgan fingerprint density at radius 1 is 1.45 bits per heavy atom. The molecule has 1 aliphatic heterocycles. The molecule has 0 aromatic heterocycles. The molecule has 1 heterocycles. The van der Waals surface area contributed by atoms with Crippen LogP contribution in [-0.4, -0.2) is 38.0 Å². The topological polar surface area (TPSA) is 46.6 Å². The minimum atomic E-state index is -3.88. The van der Waals surface area contributed by atoms with Crippen LogP contribution in [0, 0.1) is 5.82 Å². The second-order valence-corrected chi connectivity index (χ2v) is 7.52. The summed E-state index contributed by atoms with van der Waals surface area (Å²) in [7, 11) is -3.88. The molecule has 0 amide bonds. The number of nitrogens with zero attached hydrogens (tertiary/aromatic N) is 1. The van der Waals surface area contributed by atoms with Gasteiger partial charge in [0, 0.05) is 19.0 Å². The third kappa shape index (κ3) is 3.14. The monoisotopic (exact) mass is 321 g/mol. The van der Waals surface area contributed by atoms with Crippen molar-refractivity contribution in [3.63, 3.8) is 0 Å². The maximum Gasteiger partial charge on any atom is 0.246 e. The summed E-state index contributed by atoms with van der Waals surface area (Å²) in [5.74, 6) is -0.625. The van der Waals surface area contributed by atoms with Crippen LogP contribution in [0.2, 0.25) is 0 Å². The van der Waals surface area contributed by atoms with Gasteiger partial charge >= 0.3 is 0 Å². The van der Waals surface area contributed by atoms with Crippen LogP contribution in [0.5, 0.6) is 0 Å². The van der Waals surface area contributed by atoms with E-state index in [1.807, 2.05) is 0 Å². The molecular weight excluding hydrogens is 305 g/mol. The molecule has 0 N–H and O–H groups in total. The first-order chi connectivity index (χ1) is 9.26. The van der Waals surface area contributed by atoms with E-state index in [1.165, 1.54) is 16.4 Å². The van der Waals surface area contributed by atoms with Gasteiger partial charge in [0.15, 0.2) is 0 Å². The van der Waals surface area contributed by atoms with Crippen molar-refractivity contribution in [2.45, 2.75) is 30.2 Å². The van der Waals surface area contributed by atoms with Crippen LogP contribution in [0.25, 0.3) is 0 Å². The van der Waals surface area contributed by atoms with E-state index < -0.39 is 21.4 Å². The van der Waals surface area contributed by atoms with Gasteiger partial charge in [0.2, 0.25) is 10.0 Å². The summed E-state index contributed by atoms with van der Waals surface area (Å²) in [4.78, 5) is -0.326. The number of rotatable bonds is 3. The number of sulfonamides is 1. The molecule has 0 bridgehead atoms. The number of morpholine rings is 1. The molecule has 2 rings (SSSR count). The molecule has 1 aromatic carbocycles. The first-order valence-electron chi connectivity index (χ1n) is 6.25. The second kappa shape index (κ2) is 5.60. The summed E-state index contributed by atoms with van der Waals surface area (Å²) in [6.07, 6.45) is 0. The van der Waals surface area contributed by atoms with Gasteiger partial charge in [0.1, 0.15) is 10.7 Å². The van der Waals surface area contributed by atoms with Crippen molar-refractivity contribution < 1.29 is 17.5 Å². The number of hydrogen-bond donors (Lipinski definition) is 0. The van der Waals surface area contributed by atoms with Gasteiger partial charge in [-0.15, -0.1) is 11.6 Å². The molecule has 1 aliphatic rings. The molecule has 1 saturated heterocycles. The predicted molar refractivity (Wildman–Crippen MR) is 74.7 cm³/mol. The molecule has 0 spiro atoms. The van der Waals surface area contributed by atoms with Gasteiger partial charge in [0.05, 0.1) is 12.2 Å². The van der Waals surface area contributed by atoms with Crippen LogP contribution >= 0.6 is 11.6 Å². The van der Waals surface area contributed by atoms with E-state index in [4.69, 9.17) is 16.3 Å². The predicted octanol–water partition coefficient (Wildman–Crippen LogP) is 2.36. The fourth-order valence-corrected chi connectivity index (χ4v) is 4.00. The summed E-state index contributed by atoms with van der Waals surface area (Å²) in [5, 5.41) is 0. The van der Waals surface area contributed by atoms with Crippen LogP contribution < -0.4 is 0 Å². The fourth-order valence-electron chi connectivity index (χ4n) is 2.15. The zero-order chi connectivity index (χ0) is 15.0. The third-order valence-corrected chi connectivity index (χ3v) is 5.33. The molecule has 1 aromatic rings. The van der Waals surface area contributed by atoms with Crippen molar-refractivity contribution in [2.75, 3.05) is 19.7 Å². The minimum Gasteiger partial charge on any atom is -0.373 e. The quantitative estimate of drug-likeness (QED) is 0.803. The maximum atomic E-state index is 13.9. The molecule has 0 unspecified atom stereocenters. The second-order valence-electron chi connectivity index (χ2n) is 5.35. The Morgan fingerprint density at radius 3 is 2.75 bits per heavy atom. The third-order valence-electron chi connectivity index (χ3n) is 3.16. The standard InChI is InChI=1S/C13H17ClFNO3S/c1-13(2)9-16(5-6-19-13)20(17,18)12-7-10(8-14)3-4-11(12)15/h3-4,7H,5-6,8-9H2,1-2H3. The number of alkyl halides is 1. The average molecular weight is 322 g/mol. The molecule has 1 fully saturated rings. The number of hydrogen-bond acceptors (Lipinski definition) is 3. The van der Waals surface area contributed by atoms with Gasteiger partial charge in [-0.05, 0) is 31.5 Å². The summed E-state index contributed by atoms with van der Waals surface area (Å²) < 4.78 is 45.7. The maximum absolute atomic E-state index is 13.9. The normalized spacial score (nSPS) is 20.0. The Kier molecular flexibility index (Phi) is 4.39. The van der Waals surface area contributed by atoms with E-state index in [2.05, 4.69) is 0 Å². The molecule has 0 atom stereocenters. The van der Waals surface area contributed by atoms with Crippen molar-refractivity contribution in [2.24, 2.45) is 0 Å². The van der Waals surface area contributed by atoms with E-state index in [1.54, 1.807) is 13.8 Å². The molecule has 0 radical (unpaired) electrons. The van der Waals surface area contributed by atoms with E-state index in [0.29, 0.717) is 12.2 Å². The molecule has 4 nitrogen and oxygen atoms in total. The van der Waals surface area contributed by atoms with E-state index >= 15 is 0 Å². The average Bonchev–Trinajstić information content (AvgIpc) is 2.38. The number of ether oxygens (including phenoxy) is 1. The zero-order valence-corrected chi connectivity index (χ0v) is 13.0. The highest BCUT2D eigenvalue weighted by Crippen LogP contribution is 2.26. The Labute approximate surface area is 123 Å². The highest BCUT2D eigenvalue weighted by molar-refractivity contribution is 7.89. The van der Waals surface area contributed by atoms with Crippen LogP contribution in [0.15, 0.2) is 23.1 Å². The van der Waals surface area contributed by atoms with Gasteiger partial charge < -0.3 is 4.74 Å². The molecule has 0 aliphatic carbocycles. The summed E-state index contributed by atoms with van der Waals surface area (Å²) >= 11 is 5.68. The van der Waals surface area contributed by atoms with Crippen LogP contribution in [0.3, 0.4) is 0 Å². The van der Waals surface area contributed by atoms with Crippen molar-refractivity contribution >= 4 is 21.6 Å². The van der Waals surface area contributed by atoms with Gasteiger partial charge in [-0.3, -0.25) is 0 Å². The van der Waals surface area contributed by atoms with Crippen LogP contribution in [-0.2, 0) is 20.6 Å². The summed E-state index contributed by atoms with van der Waals surface area (Å²) in [5.41, 5.74) is -0.00882. The van der Waals surface area contributed by atoms with E-state index in [0.717, 1.165) is 6.07 Å². The lowest BCUT2D eigenvalue weighted by atomic mass is 10.1.